The van der Waals surface area contributed by atoms with Crippen LogP contribution in [0.4, 0.5) is 0 Å². The molecule has 2 rings (SSSR count). The Kier molecular flexibility index (Phi) is 1.69. The lowest BCUT2D eigenvalue weighted by Gasteiger charge is -2.27. The summed E-state index contributed by atoms with van der Waals surface area (Å²) < 4.78 is 0. The second-order valence-electron chi connectivity index (χ2n) is 3.95. The van der Waals surface area contributed by atoms with E-state index in [9.17, 15) is 0 Å². The Balaban J connectivity index is 2.01. The highest BCUT2D eigenvalue weighted by Crippen LogP contribution is 2.41. The van der Waals surface area contributed by atoms with E-state index < -0.39 is 0 Å². The van der Waals surface area contributed by atoms with E-state index in [1.807, 2.05) is 0 Å². The Labute approximate surface area is 63.0 Å². The van der Waals surface area contributed by atoms with Gasteiger partial charge in [0.1, 0.15) is 0 Å². The third-order valence-electron chi connectivity index (χ3n) is 3.39. The fourth-order valence-corrected chi connectivity index (χ4v) is 2.78. The number of nitrogens with two attached hydrogens (primary N) is 1. The van der Waals surface area contributed by atoms with E-state index >= 15 is 0 Å². The van der Waals surface area contributed by atoms with Gasteiger partial charge in [0, 0.05) is 6.04 Å². The van der Waals surface area contributed by atoms with Gasteiger partial charge in [0.15, 0.2) is 0 Å². The average molecular weight is 139 g/mol. The molecule has 0 aromatic carbocycles. The van der Waals surface area contributed by atoms with Gasteiger partial charge in [-0.1, -0.05) is 19.3 Å². The summed E-state index contributed by atoms with van der Waals surface area (Å²) in [5.74, 6) is 1.93. The van der Waals surface area contributed by atoms with Crippen molar-refractivity contribution in [1.29, 1.82) is 0 Å². The number of hydrogen-bond donors (Lipinski definition) is 1. The standard InChI is InChI=1S/C9H17N/c10-9-6-5-7-3-1-2-4-8(7)9/h7-9H,1-6,10H2/t7-,8+,9?/m1/s1. The van der Waals surface area contributed by atoms with Crippen LogP contribution in [0.1, 0.15) is 38.5 Å². The Hall–Kier alpha value is -0.0400. The van der Waals surface area contributed by atoms with Gasteiger partial charge in [0.25, 0.3) is 0 Å². The molecule has 2 saturated carbocycles. The van der Waals surface area contributed by atoms with Crippen molar-refractivity contribution >= 4 is 0 Å². The van der Waals surface area contributed by atoms with Gasteiger partial charge in [-0.05, 0) is 31.1 Å². The average Bonchev–Trinajstić information content (AvgIpc) is 2.34. The molecule has 1 unspecified atom stereocenters. The van der Waals surface area contributed by atoms with Crippen molar-refractivity contribution in [3.8, 4) is 0 Å². The van der Waals surface area contributed by atoms with Crippen LogP contribution >= 0.6 is 0 Å². The molecule has 1 nitrogen and oxygen atoms in total. The summed E-state index contributed by atoms with van der Waals surface area (Å²) in [6, 6.07) is 0.560. The molecular formula is C9H17N. The molecule has 0 amide bonds. The zero-order chi connectivity index (χ0) is 6.97. The first kappa shape index (κ1) is 6.66. The highest BCUT2D eigenvalue weighted by atomic mass is 14.7. The third-order valence-corrected chi connectivity index (χ3v) is 3.39. The van der Waals surface area contributed by atoms with E-state index in [0.29, 0.717) is 6.04 Å². The van der Waals surface area contributed by atoms with Crippen LogP contribution in [0.5, 0.6) is 0 Å². The Morgan fingerprint density at radius 1 is 0.900 bits per heavy atom. The molecule has 10 heavy (non-hydrogen) atoms. The Bertz CT molecular complexity index is 120. The van der Waals surface area contributed by atoms with Crippen LogP contribution in [0.2, 0.25) is 0 Å². The summed E-state index contributed by atoms with van der Waals surface area (Å²) in [5.41, 5.74) is 5.99. The second kappa shape index (κ2) is 2.54. The molecule has 1 heteroatoms. The maximum Gasteiger partial charge on any atom is 0.00699 e. The van der Waals surface area contributed by atoms with E-state index in [1.165, 1.54) is 38.5 Å². The van der Waals surface area contributed by atoms with Gasteiger partial charge >= 0.3 is 0 Å². The number of hydrogen-bond acceptors (Lipinski definition) is 1. The third kappa shape index (κ3) is 0.968. The zero-order valence-electron chi connectivity index (χ0n) is 6.55. The fourth-order valence-electron chi connectivity index (χ4n) is 2.78. The highest BCUT2D eigenvalue weighted by molar-refractivity contribution is 4.89. The zero-order valence-corrected chi connectivity index (χ0v) is 6.55. The molecule has 2 aliphatic carbocycles. The van der Waals surface area contributed by atoms with Crippen molar-refractivity contribution in [2.45, 2.75) is 44.6 Å². The van der Waals surface area contributed by atoms with Crippen LogP contribution in [0.3, 0.4) is 0 Å². The molecule has 2 fully saturated rings. The van der Waals surface area contributed by atoms with Gasteiger partial charge in [0.05, 0.1) is 0 Å². The van der Waals surface area contributed by atoms with Crippen molar-refractivity contribution in [1.82, 2.24) is 0 Å². The lowest BCUT2D eigenvalue weighted by Crippen LogP contribution is -2.29. The summed E-state index contributed by atoms with van der Waals surface area (Å²) in [6.07, 6.45) is 8.52. The SMILES string of the molecule is NC1CC[C@H]2CCCC[C@H]12. The molecule has 3 atom stereocenters. The van der Waals surface area contributed by atoms with Crippen molar-refractivity contribution in [2.24, 2.45) is 17.6 Å². The van der Waals surface area contributed by atoms with Gasteiger partial charge in [0.2, 0.25) is 0 Å². The molecule has 0 heterocycles. The first-order valence-corrected chi connectivity index (χ1v) is 4.63. The first-order chi connectivity index (χ1) is 4.88. The Morgan fingerprint density at radius 2 is 1.70 bits per heavy atom. The van der Waals surface area contributed by atoms with Crippen LogP contribution in [-0.4, -0.2) is 6.04 Å². The summed E-state index contributed by atoms with van der Waals surface area (Å²) in [6.45, 7) is 0. The van der Waals surface area contributed by atoms with E-state index in [1.54, 1.807) is 0 Å². The van der Waals surface area contributed by atoms with Gasteiger partial charge in [-0.25, -0.2) is 0 Å². The molecule has 0 radical (unpaired) electrons. The lowest BCUT2D eigenvalue weighted by molar-refractivity contribution is 0.260. The van der Waals surface area contributed by atoms with Crippen molar-refractivity contribution < 1.29 is 0 Å². The van der Waals surface area contributed by atoms with Gasteiger partial charge in [-0.15, -0.1) is 0 Å². The minimum Gasteiger partial charge on any atom is -0.327 e. The predicted octanol–water partition coefficient (Wildman–Crippen LogP) is 1.91. The molecular weight excluding hydrogens is 122 g/mol. The summed E-state index contributed by atoms with van der Waals surface area (Å²) in [7, 11) is 0. The van der Waals surface area contributed by atoms with E-state index in [2.05, 4.69) is 0 Å². The van der Waals surface area contributed by atoms with Crippen LogP contribution < -0.4 is 5.73 Å². The van der Waals surface area contributed by atoms with Gasteiger partial charge < -0.3 is 5.73 Å². The topological polar surface area (TPSA) is 26.0 Å². The van der Waals surface area contributed by atoms with Crippen LogP contribution in [0.25, 0.3) is 0 Å². The number of rotatable bonds is 0. The Morgan fingerprint density at radius 3 is 2.50 bits per heavy atom. The molecule has 0 aliphatic heterocycles. The maximum atomic E-state index is 5.99. The van der Waals surface area contributed by atoms with Crippen molar-refractivity contribution in [3.05, 3.63) is 0 Å². The first-order valence-electron chi connectivity index (χ1n) is 4.63. The van der Waals surface area contributed by atoms with E-state index in [-0.39, 0.29) is 0 Å². The highest BCUT2D eigenvalue weighted by Gasteiger charge is 2.34. The summed E-state index contributed by atoms with van der Waals surface area (Å²) in [5, 5.41) is 0. The monoisotopic (exact) mass is 139 g/mol. The van der Waals surface area contributed by atoms with Crippen molar-refractivity contribution in [3.63, 3.8) is 0 Å². The molecule has 2 aliphatic rings. The predicted molar refractivity (Wildman–Crippen MR) is 42.7 cm³/mol. The summed E-state index contributed by atoms with van der Waals surface area (Å²) in [4.78, 5) is 0. The molecule has 0 saturated heterocycles. The largest absolute Gasteiger partial charge is 0.327 e. The van der Waals surface area contributed by atoms with Crippen LogP contribution in [0, 0.1) is 11.8 Å². The molecule has 2 N–H and O–H groups in total. The van der Waals surface area contributed by atoms with Gasteiger partial charge in [-0.3, -0.25) is 0 Å². The fraction of sp³-hybridized carbons (Fsp3) is 1.00. The molecule has 0 spiro atoms. The quantitative estimate of drug-likeness (QED) is 0.545. The number of fused-ring (bicyclic) bond motifs is 1. The second-order valence-corrected chi connectivity index (χ2v) is 3.95. The van der Waals surface area contributed by atoms with Gasteiger partial charge in [-0.2, -0.15) is 0 Å². The van der Waals surface area contributed by atoms with Crippen LogP contribution in [0.15, 0.2) is 0 Å². The molecule has 0 aromatic rings. The molecule has 58 valence electrons. The minimum atomic E-state index is 0.560. The molecule has 0 aromatic heterocycles. The minimum absolute atomic E-state index is 0.560. The van der Waals surface area contributed by atoms with E-state index in [0.717, 1.165) is 11.8 Å². The van der Waals surface area contributed by atoms with Crippen molar-refractivity contribution in [2.75, 3.05) is 0 Å². The van der Waals surface area contributed by atoms with Crippen LogP contribution in [-0.2, 0) is 0 Å². The normalized spacial score (nSPS) is 47.1. The maximum absolute atomic E-state index is 5.99. The summed E-state index contributed by atoms with van der Waals surface area (Å²) >= 11 is 0. The molecule has 0 bridgehead atoms. The van der Waals surface area contributed by atoms with E-state index in [4.69, 9.17) is 5.73 Å². The smallest absolute Gasteiger partial charge is 0.00699 e. The lowest BCUT2D eigenvalue weighted by atomic mass is 9.80.